The Morgan fingerprint density at radius 3 is 2.50 bits per heavy atom. The van der Waals surface area contributed by atoms with E-state index >= 15 is 0 Å². The number of rotatable bonds is 2. The maximum Gasteiger partial charge on any atom is 0.269 e. The molecule has 2 aromatic heterocycles. The van der Waals surface area contributed by atoms with Crippen LogP contribution in [0.4, 0.5) is 5.69 Å². The average molecular weight is 267 g/mol. The van der Waals surface area contributed by atoms with Gasteiger partial charge in [-0.2, -0.15) is 0 Å². The number of fused-ring (bicyclic) bond motifs is 1. The maximum absolute atomic E-state index is 10.7. The SMILES string of the molecule is Cc1cc(C)n2c(-c3ccc([N+](=O)[O-])cc3)cnc2c1. The number of hydrogen-bond acceptors (Lipinski definition) is 3. The zero-order valence-electron chi connectivity index (χ0n) is 11.2. The van der Waals surface area contributed by atoms with E-state index in [0.29, 0.717) is 0 Å². The fourth-order valence-corrected chi connectivity index (χ4v) is 2.44. The Morgan fingerprint density at radius 1 is 1.15 bits per heavy atom. The van der Waals surface area contributed by atoms with Crippen LogP contribution in [-0.4, -0.2) is 14.3 Å². The smallest absolute Gasteiger partial charge is 0.269 e. The number of nitrogens with zero attached hydrogens (tertiary/aromatic N) is 3. The van der Waals surface area contributed by atoms with E-state index < -0.39 is 4.92 Å². The maximum atomic E-state index is 10.7. The van der Waals surface area contributed by atoms with Gasteiger partial charge < -0.3 is 0 Å². The minimum absolute atomic E-state index is 0.0927. The third kappa shape index (κ3) is 1.93. The van der Waals surface area contributed by atoms with Crippen LogP contribution in [0.3, 0.4) is 0 Å². The van der Waals surface area contributed by atoms with Gasteiger partial charge in [0.2, 0.25) is 0 Å². The monoisotopic (exact) mass is 267 g/mol. The third-order valence-corrected chi connectivity index (χ3v) is 3.31. The molecule has 0 atom stereocenters. The van der Waals surface area contributed by atoms with Gasteiger partial charge >= 0.3 is 0 Å². The van der Waals surface area contributed by atoms with Crippen molar-refractivity contribution in [2.75, 3.05) is 0 Å². The summed E-state index contributed by atoms with van der Waals surface area (Å²) >= 11 is 0. The normalized spacial score (nSPS) is 10.9. The van der Waals surface area contributed by atoms with Crippen molar-refractivity contribution in [3.63, 3.8) is 0 Å². The Hall–Kier alpha value is -2.69. The minimum atomic E-state index is -0.396. The van der Waals surface area contributed by atoms with Crippen molar-refractivity contribution < 1.29 is 4.92 Å². The van der Waals surface area contributed by atoms with Crippen LogP contribution < -0.4 is 0 Å². The van der Waals surface area contributed by atoms with E-state index in [0.717, 1.165) is 28.2 Å². The molecule has 20 heavy (non-hydrogen) atoms. The molecule has 0 saturated heterocycles. The van der Waals surface area contributed by atoms with Gasteiger partial charge in [0, 0.05) is 23.4 Å². The summed E-state index contributed by atoms with van der Waals surface area (Å²) in [7, 11) is 0. The molecule has 3 aromatic rings. The summed E-state index contributed by atoms with van der Waals surface area (Å²) in [5, 5.41) is 10.7. The zero-order chi connectivity index (χ0) is 14.3. The van der Waals surface area contributed by atoms with E-state index in [1.807, 2.05) is 24.3 Å². The number of benzene rings is 1. The first-order valence-electron chi connectivity index (χ1n) is 6.26. The molecule has 3 rings (SSSR count). The van der Waals surface area contributed by atoms with Crippen molar-refractivity contribution in [3.05, 3.63) is 64.0 Å². The second-order valence-corrected chi connectivity index (χ2v) is 4.82. The highest BCUT2D eigenvalue weighted by Crippen LogP contribution is 2.25. The zero-order valence-corrected chi connectivity index (χ0v) is 11.2. The standard InChI is InChI=1S/C15H13N3O2/c1-10-7-11(2)17-14(9-16-15(17)8-10)12-3-5-13(6-4-12)18(19)20/h3-9H,1-2H3. The Bertz CT molecular complexity index is 804. The second-order valence-electron chi connectivity index (χ2n) is 4.82. The van der Waals surface area contributed by atoms with Crippen LogP contribution in [0.1, 0.15) is 11.3 Å². The number of nitro groups is 1. The number of aryl methyl sites for hydroxylation is 2. The molecule has 0 amide bonds. The summed E-state index contributed by atoms with van der Waals surface area (Å²) in [4.78, 5) is 14.7. The van der Waals surface area contributed by atoms with E-state index in [-0.39, 0.29) is 5.69 Å². The Labute approximate surface area is 115 Å². The third-order valence-electron chi connectivity index (χ3n) is 3.31. The second kappa shape index (κ2) is 4.45. The van der Waals surface area contributed by atoms with Crippen LogP contribution in [0, 0.1) is 24.0 Å². The fourth-order valence-electron chi connectivity index (χ4n) is 2.44. The first-order valence-corrected chi connectivity index (χ1v) is 6.26. The summed E-state index contributed by atoms with van der Waals surface area (Å²) in [5.74, 6) is 0. The first-order chi connectivity index (χ1) is 9.56. The van der Waals surface area contributed by atoms with Crippen LogP contribution >= 0.6 is 0 Å². The van der Waals surface area contributed by atoms with Crippen molar-refractivity contribution in [1.29, 1.82) is 0 Å². The van der Waals surface area contributed by atoms with Gasteiger partial charge in [-0.1, -0.05) is 0 Å². The predicted octanol–water partition coefficient (Wildman–Crippen LogP) is 3.53. The Balaban J connectivity index is 2.17. The lowest BCUT2D eigenvalue weighted by Gasteiger charge is -2.06. The van der Waals surface area contributed by atoms with Gasteiger partial charge in [0.1, 0.15) is 5.65 Å². The lowest BCUT2D eigenvalue weighted by Crippen LogP contribution is -1.95. The number of imidazole rings is 1. The first kappa shape index (κ1) is 12.3. The molecule has 0 saturated carbocycles. The largest absolute Gasteiger partial charge is 0.297 e. The van der Waals surface area contributed by atoms with Crippen molar-refractivity contribution in [1.82, 2.24) is 9.38 Å². The van der Waals surface area contributed by atoms with E-state index in [4.69, 9.17) is 0 Å². The molecule has 0 aliphatic rings. The van der Waals surface area contributed by atoms with Crippen molar-refractivity contribution in [3.8, 4) is 11.3 Å². The van der Waals surface area contributed by atoms with Gasteiger partial charge in [-0.3, -0.25) is 14.5 Å². The van der Waals surface area contributed by atoms with Gasteiger partial charge in [-0.05, 0) is 43.7 Å². The molecule has 1 aromatic carbocycles. The van der Waals surface area contributed by atoms with Crippen LogP contribution in [0.15, 0.2) is 42.6 Å². The molecule has 100 valence electrons. The summed E-state index contributed by atoms with van der Waals surface area (Å²) < 4.78 is 2.05. The number of aromatic nitrogens is 2. The molecule has 0 spiro atoms. The quantitative estimate of drug-likeness (QED) is 0.527. The highest BCUT2D eigenvalue weighted by molar-refractivity contribution is 5.65. The topological polar surface area (TPSA) is 60.4 Å². The van der Waals surface area contributed by atoms with Crippen molar-refractivity contribution in [2.24, 2.45) is 0 Å². The lowest BCUT2D eigenvalue weighted by atomic mass is 10.1. The molecule has 5 nitrogen and oxygen atoms in total. The van der Waals surface area contributed by atoms with E-state index in [1.165, 1.54) is 12.1 Å². The van der Waals surface area contributed by atoms with Crippen LogP contribution in [0.2, 0.25) is 0 Å². The Kier molecular flexibility index (Phi) is 2.75. The van der Waals surface area contributed by atoms with E-state index in [2.05, 4.69) is 11.1 Å². The number of hydrogen-bond donors (Lipinski definition) is 0. The number of non-ortho nitro benzene ring substituents is 1. The number of nitro benzene ring substituents is 1. The van der Waals surface area contributed by atoms with Crippen LogP contribution in [0.25, 0.3) is 16.9 Å². The predicted molar refractivity (Wildman–Crippen MR) is 76.8 cm³/mol. The van der Waals surface area contributed by atoms with Gasteiger partial charge in [-0.15, -0.1) is 0 Å². The van der Waals surface area contributed by atoms with Gasteiger partial charge in [0.25, 0.3) is 5.69 Å². The average Bonchev–Trinajstić information content (AvgIpc) is 2.82. The van der Waals surface area contributed by atoms with E-state index in [1.54, 1.807) is 18.3 Å². The molecule has 5 heteroatoms. The molecule has 0 aliphatic carbocycles. The molecule has 0 N–H and O–H groups in total. The lowest BCUT2D eigenvalue weighted by molar-refractivity contribution is -0.384. The molecular formula is C15H13N3O2. The molecule has 2 heterocycles. The minimum Gasteiger partial charge on any atom is -0.297 e. The fraction of sp³-hybridized carbons (Fsp3) is 0.133. The molecule has 0 fully saturated rings. The summed E-state index contributed by atoms with van der Waals surface area (Å²) in [5.41, 5.74) is 5.08. The summed E-state index contributed by atoms with van der Waals surface area (Å²) in [6.45, 7) is 4.06. The molecule has 0 bridgehead atoms. The highest BCUT2D eigenvalue weighted by atomic mass is 16.6. The van der Waals surface area contributed by atoms with Gasteiger partial charge in [-0.25, -0.2) is 4.98 Å². The van der Waals surface area contributed by atoms with E-state index in [9.17, 15) is 10.1 Å². The summed E-state index contributed by atoms with van der Waals surface area (Å²) in [6.07, 6.45) is 1.79. The van der Waals surface area contributed by atoms with Crippen LogP contribution in [-0.2, 0) is 0 Å². The van der Waals surface area contributed by atoms with Crippen LogP contribution in [0.5, 0.6) is 0 Å². The summed E-state index contributed by atoms with van der Waals surface area (Å²) in [6, 6.07) is 10.6. The molecular weight excluding hydrogens is 254 g/mol. The highest BCUT2D eigenvalue weighted by Gasteiger charge is 2.10. The van der Waals surface area contributed by atoms with Crippen molar-refractivity contribution in [2.45, 2.75) is 13.8 Å². The molecule has 0 aliphatic heterocycles. The molecule has 0 unspecified atom stereocenters. The van der Waals surface area contributed by atoms with Gasteiger partial charge in [0.15, 0.2) is 0 Å². The Morgan fingerprint density at radius 2 is 1.85 bits per heavy atom. The number of pyridine rings is 1. The van der Waals surface area contributed by atoms with Crippen molar-refractivity contribution >= 4 is 11.3 Å². The van der Waals surface area contributed by atoms with Gasteiger partial charge in [0.05, 0.1) is 16.8 Å². The molecule has 0 radical (unpaired) electrons.